The fourth-order valence-electron chi connectivity index (χ4n) is 3.79. The summed E-state index contributed by atoms with van der Waals surface area (Å²) in [6, 6.07) is 12.6. The van der Waals surface area contributed by atoms with Crippen molar-refractivity contribution in [2.75, 3.05) is 6.61 Å². The highest BCUT2D eigenvalue weighted by Gasteiger charge is 2.34. The summed E-state index contributed by atoms with van der Waals surface area (Å²) in [4.78, 5) is 24.1. The molecule has 3 N–H and O–H groups in total. The number of ether oxygens (including phenoxy) is 1. The second kappa shape index (κ2) is 9.80. The van der Waals surface area contributed by atoms with E-state index in [2.05, 4.69) is 10.9 Å². The Hall–Kier alpha value is -3.83. The van der Waals surface area contributed by atoms with Gasteiger partial charge in [0.2, 0.25) is 0 Å². The summed E-state index contributed by atoms with van der Waals surface area (Å²) in [6.07, 6.45) is 3.63. The first-order chi connectivity index (χ1) is 16.7. The van der Waals surface area contributed by atoms with Crippen molar-refractivity contribution in [3.05, 3.63) is 77.6 Å². The quantitative estimate of drug-likeness (QED) is 0.403. The van der Waals surface area contributed by atoms with Crippen LogP contribution in [0.4, 0.5) is 4.79 Å². The van der Waals surface area contributed by atoms with Gasteiger partial charge in [0.1, 0.15) is 5.70 Å². The molecule has 0 saturated heterocycles. The molecule has 0 fully saturated rings. The van der Waals surface area contributed by atoms with Crippen molar-refractivity contribution in [1.82, 2.24) is 19.9 Å². The molecule has 1 aliphatic heterocycles. The summed E-state index contributed by atoms with van der Waals surface area (Å²) in [5.74, 6) is -1.23. The van der Waals surface area contributed by atoms with Crippen molar-refractivity contribution in [2.24, 2.45) is 0 Å². The molecule has 0 radical (unpaired) electrons. The van der Waals surface area contributed by atoms with E-state index in [9.17, 15) is 23.1 Å². The summed E-state index contributed by atoms with van der Waals surface area (Å²) in [7, 11) is -3.95. The number of unbranched alkanes of at least 4 members (excludes halogenated alkanes) is 1. The van der Waals surface area contributed by atoms with Crippen LogP contribution in [0.1, 0.15) is 36.9 Å². The molecule has 1 aliphatic rings. The smallest absolute Gasteiger partial charge is 0.423 e. The molecule has 1 unspecified atom stereocenters. The van der Waals surface area contributed by atoms with Crippen LogP contribution in [0.5, 0.6) is 0 Å². The highest BCUT2D eigenvalue weighted by molar-refractivity contribution is 7.90. The Kier molecular flexibility index (Phi) is 6.81. The average molecular weight is 499 g/mol. The number of fused-ring (bicyclic) bond motifs is 1. The molecule has 1 aromatic heterocycles. The predicted molar refractivity (Wildman–Crippen MR) is 129 cm³/mol. The summed E-state index contributed by atoms with van der Waals surface area (Å²) in [6.45, 7) is 4.05. The molecule has 2 heterocycles. The molecule has 0 saturated carbocycles. The number of benzene rings is 2. The van der Waals surface area contributed by atoms with E-state index in [1.54, 1.807) is 48.5 Å². The number of para-hydroxylation sites is 1. The predicted octanol–water partition coefficient (Wildman–Crippen LogP) is 3.46. The Labute approximate surface area is 202 Å². The van der Waals surface area contributed by atoms with Gasteiger partial charge in [0, 0.05) is 17.1 Å². The van der Waals surface area contributed by atoms with Crippen LogP contribution < -0.4 is 10.9 Å². The van der Waals surface area contributed by atoms with Crippen molar-refractivity contribution in [3.63, 3.8) is 0 Å². The number of hydrogen-bond donors (Lipinski definition) is 3. The van der Waals surface area contributed by atoms with Gasteiger partial charge in [-0.05, 0) is 37.6 Å². The number of carbonyl (C=O) groups excluding carboxylic acids is 1. The lowest BCUT2D eigenvalue weighted by molar-refractivity contribution is -0.133. The van der Waals surface area contributed by atoms with E-state index < -0.39 is 28.1 Å². The van der Waals surface area contributed by atoms with Gasteiger partial charge in [-0.3, -0.25) is 5.43 Å². The summed E-state index contributed by atoms with van der Waals surface area (Å²) in [5, 5.41) is 11.3. The topological polar surface area (TPSA) is 130 Å². The first kappa shape index (κ1) is 24.3. The molecular weight excluding hydrogens is 472 g/mol. The first-order valence-electron chi connectivity index (χ1n) is 11.1. The van der Waals surface area contributed by atoms with Gasteiger partial charge < -0.3 is 9.84 Å². The van der Waals surface area contributed by atoms with Gasteiger partial charge in [0.05, 0.1) is 23.1 Å². The monoisotopic (exact) mass is 498 g/mol. The van der Waals surface area contributed by atoms with Crippen molar-refractivity contribution in [1.29, 1.82) is 0 Å². The first-order valence-corrected chi connectivity index (χ1v) is 12.5. The average Bonchev–Trinajstić information content (AvgIpc) is 3.41. The van der Waals surface area contributed by atoms with E-state index >= 15 is 0 Å². The van der Waals surface area contributed by atoms with Gasteiger partial charge in [0.15, 0.2) is 0 Å². The van der Waals surface area contributed by atoms with Gasteiger partial charge in [-0.1, -0.05) is 49.2 Å². The second-order valence-electron chi connectivity index (χ2n) is 8.13. The third-order valence-electron chi connectivity index (χ3n) is 5.62. The lowest BCUT2D eigenvalue weighted by Gasteiger charge is -2.24. The molecule has 3 aromatic rings. The van der Waals surface area contributed by atoms with Crippen molar-refractivity contribution < 1.29 is 27.9 Å². The van der Waals surface area contributed by atoms with E-state index in [0.717, 1.165) is 12.0 Å². The minimum absolute atomic E-state index is 0.121. The number of nitrogens with one attached hydrogen (secondary N) is 2. The van der Waals surface area contributed by atoms with E-state index in [-0.39, 0.29) is 17.2 Å². The number of rotatable bonds is 8. The number of carbonyl (C=O) groups is 2. The third-order valence-corrected chi connectivity index (χ3v) is 7.31. The molecule has 10 nitrogen and oxygen atoms in total. The fourth-order valence-corrected chi connectivity index (χ4v) is 5.17. The van der Waals surface area contributed by atoms with E-state index in [0.29, 0.717) is 22.9 Å². The molecule has 11 heteroatoms. The number of carboxylic acid groups (broad SMARTS) is 1. The number of hydrazine groups is 2. The van der Waals surface area contributed by atoms with Gasteiger partial charge in [0.25, 0.3) is 10.0 Å². The summed E-state index contributed by atoms with van der Waals surface area (Å²) < 4.78 is 33.3. The van der Waals surface area contributed by atoms with Crippen LogP contribution in [-0.2, 0) is 19.6 Å². The van der Waals surface area contributed by atoms with Gasteiger partial charge >= 0.3 is 12.1 Å². The molecule has 184 valence electrons. The highest BCUT2D eigenvalue weighted by atomic mass is 32.2. The van der Waals surface area contributed by atoms with Crippen LogP contribution in [0.25, 0.3) is 10.9 Å². The standard InChI is InChI=1S/C24H26N4O6S/c1-3-4-13-34-24(31)26-28-22(14-20(25-28)23(29)30)19-15-27(21-8-6-5-7-18(19)21)35(32,33)17-11-9-16(2)10-12-17/h5-12,14-15,22,25H,3-4,13H2,1-2H3,(H,26,31)(H,29,30). The zero-order chi connectivity index (χ0) is 25.2. The third kappa shape index (κ3) is 4.86. The van der Waals surface area contributed by atoms with Gasteiger partial charge in [-0.15, -0.1) is 5.12 Å². The maximum atomic E-state index is 13.5. The SMILES string of the molecule is CCCCOC(=O)NN1NC(C(=O)O)=CC1c1cn(S(=O)(=O)c2ccc(C)cc2)c2ccccc12. The maximum absolute atomic E-state index is 13.5. The molecular formula is C24H26N4O6S. The molecule has 0 spiro atoms. The Balaban J connectivity index is 1.77. The van der Waals surface area contributed by atoms with Crippen molar-refractivity contribution in [3.8, 4) is 0 Å². The lowest BCUT2D eigenvalue weighted by Crippen LogP contribution is -2.49. The second-order valence-corrected chi connectivity index (χ2v) is 9.94. The van der Waals surface area contributed by atoms with Crippen molar-refractivity contribution >= 4 is 33.0 Å². The largest absolute Gasteiger partial charge is 0.477 e. The zero-order valence-corrected chi connectivity index (χ0v) is 20.1. The van der Waals surface area contributed by atoms with Crippen LogP contribution in [0.2, 0.25) is 0 Å². The minimum atomic E-state index is -3.95. The number of carboxylic acids is 1. The Bertz CT molecular complexity index is 1400. The molecule has 2 aromatic carbocycles. The number of amides is 1. The molecule has 0 aliphatic carbocycles. The Morgan fingerprint density at radius 3 is 2.54 bits per heavy atom. The number of aromatic nitrogens is 1. The van der Waals surface area contributed by atoms with Gasteiger partial charge in [-0.25, -0.2) is 27.4 Å². The van der Waals surface area contributed by atoms with E-state index in [1.807, 2.05) is 13.8 Å². The molecule has 1 amide bonds. The summed E-state index contributed by atoms with van der Waals surface area (Å²) in [5.41, 5.74) is 6.81. The Morgan fingerprint density at radius 1 is 1.14 bits per heavy atom. The molecule has 0 bridgehead atoms. The number of nitrogens with zero attached hydrogens (tertiary/aromatic N) is 2. The van der Waals surface area contributed by atoms with Crippen LogP contribution in [0.15, 0.2) is 71.4 Å². The van der Waals surface area contributed by atoms with Gasteiger partial charge in [-0.2, -0.15) is 0 Å². The van der Waals surface area contributed by atoms with E-state index in [1.165, 1.54) is 21.4 Å². The maximum Gasteiger partial charge on any atom is 0.423 e. The number of aliphatic carboxylic acids is 1. The van der Waals surface area contributed by atoms with Crippen molar-refractivity contribution in [2.45, 2.75) is 37.6 Å². The van der Waals surface area contributed by atoms with Crippen LogP contribution in [0.3, 0.4) is 0 Å². The number of aryl methyl sites for hydroxylation is 1. The minimum Gasteiger partial charge on any atom is -0.477 e. The molecule has 35 heavy (non-hydrogen) atoms. The number of hydrogen-bond acceptors (Lipinski definition) is 7. The van der Waals surface area contributed by atoms with E-state index in [4.69, 9.17) is 4.74 Å². The highest BCUT2D eigenvalue weighted by Crippen LogP contribution is 2.35. The lowest BCUT2D eigenvalue weighted by atomic mass is 10.1. The molecule has 1 atom stereocenters. The van der Waals surface area contributed by atoms with Crippen LogP contribution in [-0.4, -0.2) is 41.3 Å². The Morgan fingerprint density at radius 2 is 1.86 bits per heavy atom. The molecule has 4 rings (SSSR count). The zero-order valence-electron chi connectivity index (χ0n) is 19.3. The van der Waals surface area contributed by atoms with Crippen LogP contribution in [0, 0.1) is 6.92 Å². The fraction of sp³-hybridized carbons (Fsp3) is 0.250. The normalized spacial score (nSPS) is 16.1. The summed E-state index contributed by atoms with van der Waals surface area (Å²) >= 11 is 0. The van der Waals surface area contributed by atoms with Crippen LogP contribution >= 0.6 is 0 Å².